The molecule has 0 radical (unpaired) electrons. The Bertz CT molecular complexity index is 493. The van der Waals surface area contributed by atoms with Crippen LogP contribution in [0.15, 0.2) is 23.6 Å². The predicted octanol–water partition coefficient (Wildman–Crippen LogP) is 1.83. The number of hydrogen-bond donors (Lipinski definition) is 1. The number of amides is 1. The molecule has 21 heavy (non-hydrogen) atoms. The molecule has 4 unspecified atom stereocenters. The molecule has 5 heteroatoms. The summed E-state index contributed by atoms with van der Waals surface area (Å²) in [5.74, 6) is 0.315. The number of nitrogens with zero attached hydrogens (tertiary/aromatic N) is 1. The highest BCUT2D eigenvalue weighted by Crippen LogP contribution is 2.47. The lowest BCUT2D eigenvalue weighted by molar-refractivity contribution is -0.164. The molecular formula is C16H23NO4. The molecule has 0 bridgehead atoms. The van der Waals surface area contributed by atoms with E-state index in [2.05, 4.69) is 13.8 Å². The number of fused-ring (bicyclic) bond motifs is 1. The molecule has 2 heterocycles. The zero-order valence-electron chi connectivity index (χ0n) is 12.9. The van der Waals surface area contributed by atoms with Crippen molar-refractivity contribution >= 4 is 12.4 Å². The topological polar surface area (TPSA) is 66.8 Å². The maximum atomic E-state index is 12.2. The Morgan fingerprint density at radius 3 is 2.57 bits per heavy atom. The molecule has 0 aromatic carbocycles. The van der Waals surface area contributed by atoms with Crippen molar-refractivity contribution in [1.29, 1.82) is 0 Å². The van der Waals surface area contributed by atoms with Gasteiger partial charge in [-0.3, -0.25) is 14.5 Å². The average Bonchev–Trinajstić information content (AvgIpc) is 2.60. The molecule has 5 nitrogen and oxygen atoms in total. The zero-order chi connectivity index (χ0) is 15.7. The third-order valence-electron chi connectivity index (χ3n) is 4.24. The van der Waals surface area contributed by atoms with E-state index in [4.69, 9.17) is 4.74 Å². The monoisotopic (exact) mass is 293 g/mol. The minimum absolute atomic E-state index is 0.0423. The van der Waals surface area contributed by atoms with E-state index >= 15 is 0 Å². The van der Waals surface area contributed by atoms with Gasteiger partial charge in [0.2, 0.25) is 11.8 Å². The molecular weight excluding hydrogens is 270 g/mol. The number of allylic oxidation sites excluding steroid dienone is 2. The molecule has 2 aliphatic heterocycles. The first-order chi connectivity index (χ1) is 9.90. The molecule has 1 N–H and O–H groups in total. The lowest BCUT2D eigenvalue weighted by Crippen LogP contribution is -2.63. The van der Waals surface area contributed by atoms with Crippen molar-refractivity contribution in [1.82, 2.24) is 4.90 Å². The Kier molecular flexibility index (Phi) is 4.52. The molecule has 1 amide bonds. The number of β-lactam (4-membered cyclic amide) rings is 1. The maximum absolute atomic E-state index is 12.2. The number of rotatable bonds is 6. The van der Waals surface area contributed by atoms with Gasteiger partial charge in [-0.05, 0) is 19.3 Å². The lowest BCUT2D eigenvalue weighted by Gasteiger charge is -2.46. The Morgan fingerprint density at radius 2 is 2.05 bits per heavy atom. The van der Waals surface area contributed by atoms with Gasteiger partial charge in [0.1, 0.15) is 0 Å². The SMILES string of the molecule is CC(C)C/C=C/C1=C(OC=O)N2C(=O)C(C(C)O)C2C1C. The van der Waals surface area contributed by atoms with Gasteiger partial charge in [-0.15, -0.1) is 0 Å². The highest BCUT2D eigenvalue weighted by atomic mass is 16.5. The number of hydrogen-bond acceptors (Lipinski definition) is 4. The van der Waals surface area contributed by atoms with Gasteiger partial charge in [-0.1, -0.05) is 32.9 Å². The van der Waals surface area contributed by atoms with Crippen LogP contribution in [-0.4, -0.2) is 34.5 Å². The Balaban J connectivity index is 2.27. The third-order valence-corrected chi connectivity index (χ3v) is 4.24. The van der Waals surface area contributed by atoms with Crippen molar-refractivity contribution < 1.29 is 19.4 Å². The summed E-state index contributed by atoms with van der Waals surface area (Å²) in [6.07, 6.45) is 4.20. The fraction of sp³-hybridized carbons (Fsp3) is 0.625. The number of aliphatic hydroxyl groups excluding tert-OH is 1. The first-order valence-corrected chi connectivity index (χ1v) is 7.42. The molecule has 0 aromatic heterocycles. The molecule has 2 aliphatic rings. The smallest absolute Gasteiger partial charge is 0.299 e. The molecule has 0 aliphatic carbocycles. The summed E-state index contributed by atoms with van der Waals surface area (Å²) >= 11 is 0. The highest BCUT2D eigenvalue weighted by molar-refractivity contribution is 5.90. The maximum Gasteiger partial charge on any atom is 0.299 e. The minimum Gasteiger partial charge on any atom is -0.411 e. The summed E-state index contributed by atoms with van der Waals surface area (Å²) in [7, 11) is 0. The summed E-state index contributed by atoms with van der Waals surface area (Å²) < 4.78 is 5.05. The second-order valence-electron chi connectivity index (χ2n) is 6.26. The van der Waals surface area contributed by atoms with E-state index < -0.39 is 12.0 Å². The van der Waals surface area contributed by atoms with Crippen LogP contribution in [0.4, 0.5) is 0 Å². The van der Waals surface area contributed by atoms with Crippen LogP contribution >= 0.6 is 0 Å². The van der Waals surface area contributed by atoms with E-state index in [0.717, 1.165) is 12.0 Å². The molecule has 0 spiro atoms. The van der Waals surface area contributed by atoms with E-state index in [1.807, 2.05) is 19.1 Å². The Hall–Kier alpha value is -1.62. The van der Waals surface area contributed by atoms with Crippen molar-refractivity contribution in [3.63, 3.8) is 0 Å². The lowest BCUT2D eigenvalue weighted by atomic mass is 9.77. The molecule has 0 saturated carbocycles. The van der Waals surface area contributed by atoms with Crippen LogP contribution in [0.25, 0.3) is 0 Å². The van der Waals surface area contributed by atoms with Crippen LogP contribution < -0.4 is 0 Å². The second-order valence-corrected chi connectivity index (χ2v) is 6.26. The van der Waals surface area contributed by atoms with Crippen LogP contribution in [0.3, 0.4) is 0 Å². The Morgan fingerprint density at radius 1 is 1.38 bits per heavy atom. The minimum atomic E-state index is -0.697. The standard InChI is InChI=1S/C16H23NO4/c1-9(2)6-5-7-12-10(3)14-13(11(4)19)15(20)17(14)16(12)21-8-18/h5,7-11,13-14,19H,6H2,1-4H3/b7-5+. The molecule has 1 fully saturated rings. The van der Waals surface area contributed by atoms with Crippen molar-refractivity contribution in [2.24, 2.45) is 17.8 Å². The van der Waals surface area contributed by atoms with Crippen molar-refractivity contribution in [3.05, 3.63) is 23.6 Å². The third kappa shape index (κ3) is 2.62. The van der Waals surface area contributed by atoms with Gasteiger partial charge in [0, 0.05) is 11.5 Å². The molecule has 0 aromatic rings. The number of carbonyl (C=O) groups excluding carboxylic acids is 2. The fourth-order valence-corrected chi connectivity index (χ4v) is 3.17. The summed E-state index contributed by atoms with van der Waals surface area (Å²) in [4.78, 5) is 24.4. The predicted molar refractivity (Wildman–Crippen MR) is 77.7 cm³/mol. The van der Waals surface area contributed by atoms with E-state index in [-0.39, 0.29) is 17.9 Å². The van der Waals surface area contributed by atoms with E-state index in [1.54, 1.807) is 6.92 Å². The van der Waals surface area contributed by atoms with Gasteiger partial charge in [-0.25, -0.2) is 0 Å². The molecule has 116 valence electrons. The van der Waals surface area contributed by atoms with Gasteiger partial charge in [0.25, 0.3) is 6.47 Å². The largest absolute Gasteiger partial charge is 0.411 e. The van der Waals surface area contributed by atoms with E-state index in [9.17, 15) is 14.7 Å². The number of aliphatic hydroxyl groups is 1. The van der Waals surface area contributed by atoms with Crippen LogP contribution in [0.1, 0.15) is 34.1 Å². The zero-order valence-corrected chi connectivity index (χ0v) is 12.9. The van der Waals surface area contributed by atoms with Crippen LogP contribution in [0.5, 0.6) is 0 Å². The highest BCUT2D eigenvalue weighted by Gasteiger charge is 2.59. The van der Waals surface area contributed by atoms with Crippen molar-refractivity contribution in [2.75, 3.05) is 0 Å². The van der Waals surface area contributed by atoms with E-state index in [0.29, 0.717) is 18.3 Å². The fourth-order valence-electron chi connectivity index (χ4n) is 3.17. The molecule has 1 saturated heterocycles. The second kappa shape index (κ2) is 6.02. The quantitative estimate of drug-likeness (QED) is 0.599. The van der Waals surface area contributed by atoms with Gasteiger partial charge >= 0.3 is 0 Å². The number of ether oxygens (including phenoxy) is 1. The molecule has 4 atom stereocenters. The van der Waals surface area contributed by atoms with Crippen molar-refractivity contribution in [2.45, 2.75) is 46.3 Å². The van der Waals surface area contributed by atoms with Gasteiger partial charge in [-0.2, -0.15) is 0 Å². The Labute approximate surface area is 125 Å². The van der Waals surface area contributed by atoms with Gasteiger partial charge in [0.05, 0.1) is 18.1 Å². The van der Waals surface area contributed by atoms with E-state index in [1.165, 1.54) is 4.90 Å². The number of carbonyl (C=O) groups is 2. The van der Waals surface area contributed by atoms with Crippen molar-refractivity contribution in [3.8, 4) is 0 Å². The average molecular weight is 293 g/mol. The van der Waals surface area contributed by atoms with Crippen LogP contribution in [-0.2, 0) is 14.3 Å². The summed E-state index contributed by atoms with van der Waals surface area (Å²) in [6.45, 7) is 8.22. The van der Waals surface area contributed by atoms with Gasteiger partial charge < -0.3 is 9.84 Å². The molecule has 2 rings (SSSR count). The summed E-state index contributed by atoms with van der Waals surface area (Å²) in [5, 5.41) is 9.76. The van der Waals surface area contributed by atoms with Crippen LogP contribution in [0, 0.1) is 17.8 Å². The normalized spacial score (nSPS) is 29.9. The van der Waals surface area contributed by atoms with Gasteiger partial charge in [0.15, 0.2) is 0 Å². The summed E-state index contributed by atoms with van der Waals surface area (Å²) in [5.41, 5.74) is 0.851. The van der Waals surface area contributed by atoms with Crippen LogP contribution in [0.2, 0.25) is 0 Å². The first kappa shape index (κ1) is 15.8. The summed E-state index contributed by atoms with van der Waals surface area (Å²) in [6, 6.07) is -0.119. The first-order valence-electron chi connectivity index (χ1n) is 7.42.